The summed E-state index contributed by atoms with van der Waals surface area (Å²) in [5, 5.41) is 9.68. The summed E-state index contributed by atoms with van der Waals surface area (Å²) in [5.41, 5.74) is -1.60. The third-order valence-electron chi connectivity index (χ3n) is 4.83. The van der Waals surface area contributed by atoms with Crippen molar-refractivity contribution < 1.29 is 37.4 Å². The minimum atomic E-state index is -4.54. The van der Waals surface area contributed by atoms with E-state index >= 15 is 0 Å². The van der Waals surface area contributed by atoms with Gasteiger partial charge in [-0.1, -0.05) is 11.6 Å². The Balaban J connectivity index is 0.000000941. The first-order valence-corrected chi connectivity index (χ1v) is 9.14. The molecule has 0 saturated carbocycles. The summed E-state index contributed by atoms with van der Waals surface area (Å²) in [6.45, 7) is 1.08. The van der Waals surface area contributed by atoms with Crippen molar-refractivity contribution >= 4 is 29.9 Å². The van der Waals surface area contributed by atoms with E-state index in [4.69, 9.17) is 26.2 Å². The highest BCUT2D eigenvalue weighted by Gasteiger charge is 2.39. The van der Waals surface area contributed by atoms with Crippen molar-refractivity contribution in [2.24, 2.45) is 0 Å². The third-order valence-corrected chi connectivity index (χ3v) is 5.16. The Morgan fingerprint density at radius 3 is 2.52 bits per heavy atom. The van der Waals surface area contributed by atoms with Crippen molar-refractivity contribution in [3.05, 3.63) is 34.3 Å². The van der Waals surface area contributed by atoms with Gasteiger partial charge in [-0.25, -0.2) is 0 Å². The Hall–Kier alpha value is -2.33. The Bertz CT molecular complexity index is 764. The molecule has 7 nitrogen and oxygen atoms in total. The number of carbonyl (C=O) groups is 3. The molecule has 0 unspecified atom stereocenters. The Labute approximate surface area is 169 Å². The number of amides is 2. The number of nitrogens with one attached hydrogen (secondary N) is 1. The quantitative estimate of drug-likeness (QED) is 0.660. The fraction of sp³-hybridized carbons (Fsp3) is 0.500. The van der Waals surface area contributed by atoms with Gasteiger partial charge in [0.25, 0.3) is 12.4 Å². The van der Waals surface area contributed by atoms with Crippen LogP contribution in [0.4, 0.5) is 13.2 Å². The molecule has 1 spiro atoms. The number of benzene rings is 1. The number of nitrogens with zero attached hydrogens (tertiary/aromatic N) is 1. The van der Waals surface area contributed by atoms with Gasteiger partial charge in [0.1, 0.15) is 0 Å². The summed E-state index contributed by atoms with van der Waals surface area (Å²) in [6, 6.07) is 2.73. The maximum absolute atomic E-state index is 12.9. The number of likely N-dealkylation sites (tertiary alicyclic amines) is 1. The van der Waals surface area contributed by atoms with Gasteiger partial charge in [0.05, 0.1) is 28.4 Å². The van der Waals surface area contributed by atoms with Crippen molar-refractivity contribution in [2.45, 2.75) is 31.0 Å². The molecule has 160 valence electrons. The number of carbonyl (C=O) groups excluding carboxylic acids is 2. The second-order valence-electron chi connectivity index (χ2n) is 6.65. The SMILES string of the molecule is O=C1CCOC2(CCN(C(=O)c3cc(C(F)(F)F)ccc3Cl)CC2)CN1.O=CO. The summed E-state index contributed by atoms with van der Waals surface area (Å²) < 4.78 is 44.5. The number of carboxylic acid groups (broad SMARTS) is 1. The first-order valence-electron chi connectivity index (χ1n) is 8.76. The predicted octanol–water partition coefficient (Wildman–Crippen LogP) is 2.57. The van der Waals surface area contributed by atoms with Crippen molar-refractivity contribution in [1.29, 1.82) is 0 Å². The molecule has 1 aromatic rings. The monoisotopic (exact) mass is 436 g/mol. The van der Waals surface area contributed by atoms with Crippen LogP contribution in [0.5, 0.6) is 0 Å². The van der Waals surface area contributed by atoms with Crippen LogP contribution in [-0.4, -0.2) is 60.1 Å². The Morgan fingerprint density at radius 1 is 1.31 bits per heavy atom. The molecule has 29 heavy (non-hydrogen) atoms. The largest absolute Gasteiger partial charge is 0.483 e. The maximum Gasteiger partial charge on any atom is 0.416 e. The molecule has 2 N–H and O–H groups in total. The van der Waals surface area contributed by atoms with E-state index in [1.807, 2.05) is 0 Å². The van der Waals surface area contributed by atoms with Crippen LogP contribution >= 0.6 is 11.6 Å². The molecular weight excluding hydrogens is 417 g/mol. The standard InChI is InChI=1S/C17H18ClF3N2O3.CH2O2/c18-13-2-1-11(17(19,20)21)9-12(13)15(25)23-6-4-16(5-7-23)10-22-14(24)3-8-26-16;2-1-3/h1-2,9H,3-8,10H2,(H,22,24);1H,(H,2,3). The topological polar surface area (TPSA) is 95.9 Å². The lowest BCUT2D eigenvalue weighted by Crippen LogP contribution is -2.52. The van der Waals surface area contributed by atoms with Gasteiger partial charge in [0.15, 0.2) is 0 Å². The molecule has 2 heterocycles. The molecule has 2 fully saturated rings. The van der Waals surface area contributed by atoms with Gasteiger partial charge in [0.2, 0.25) is 5.91 Å². The molecule has 0 aromatic heterocycles. The van der Waals surface area contributed by atoms with Crippen LogP contribution in [0.3, 0.4) is 0 Å². The fourth-order valence-corrected chi connectivity index (χ4v) is 3.43. The van der Waals surface area contributed by atoms with E-state index < -0.39 is 23.2 Å². The smallest absolute Gasteiger partial charge is 0.416 e. The second kappa shape index (κ2) is 9.45. The van der Waals surface area contributed by atoms with Gasteiger partial charge in [-0.05, 0) is 31.0 Å². The van der Waals surface area contributed by atoms with Crippen LogP contribution in [-0.2, 0) is 20.5 Å². The van der Waals surface area contributed by atoms with Crippen molar-refractivity contribution in [3.63, 3.8) is 0 Å². The van der Waals surface area contributed by atoms with Crippen LogP contribution in [0.2, 0.25) is 5.02 Å². The van der Waals surface area contributed by atoms with Gasteiger partial charge in [0, 0.05) is 26.1 Å². The van der Waals surface area contributed by atoms with Crippen molar-refractivity contribution in [3.8, 4) is 0 Å². The molecule has 2 aliphatic heterocycles. The second-order valence-corrected chi connectivity index (χ2v) is 7.06. The Kier molecular flexibility index (Phi) is 7.48. The van der Waals surface area contributed by atoms with Crippen molar-refractivity contribution in [2.75, 3.05) is 26.2 Å². The molecule has 0 radical (unpaired) electrons. The molecule has 1 aromatic carbocycles. The maximum atomic E-state index is 12.9. The lowest BCUT2D eigenvalue weighted by atomic mass is 9.90. The minimum absolute atomic E-state index is 0.0127. The average Bonchev–Trinajstić information content (AvgIpc) is 2.84. The molecule has 3 rings (SSSR count). The first kappa shape index (κ1) is 23.0. The summed E-state index contributed by atoms with van der Waals surface area (Å²) in [4.78, 5) is 33.9. The summed E-state index contributed by atoms with van der Waals surface area (Å²) in [6.07, 6.45) is -3.26. The lowest BCUT2D eigenvalue weighted by Gasteiger charge is -2.40. The minimum Gasteiger partial charge on any atom is -0.483 e. The summed E-state index contributed by atoms with van der Waals surface area (Å²) >= 11 is 5.95. The number of hydrogen-bond acceptors (Lipinski definition) is 4. The fourth-order valence-electron chi connectivity index (χ4n) is 3.23. The van der Waals surface area contributed by atoms with E-state index in [-0.39, 0.29) is 23.0 Å². The zero-order valence-corrected chi connectivity index (χ0v) is 16.1. The first-order chi connectivity index (χ1) is 13.6. The molecule has 11 heteroatoms. The zero-order valence-electron chi connectivity index (χ0n) is 15.3. The number of ether oxygens (including phenoxy) is 1. The predicted molar refractivity (Wildman–Crippen MR) is 96.6 cm³/mol. The molecule has 2 saturated heterocycles. The van der Waals surface area contributed by atoms with Gasteiger partial charge in [-0.3, -0.25) is 14.4 Å². The van der Waals surface area contributed by atoms with E-state index in [2.05, 4.69) is 5.32 Å². The molecule has 0 aliphatic carbocycles. The van der Waals surface area contributed by atoms with E-state index in [1.54, 1.807) is 0 Å². The van der Waals surface area contributed by atoms with Gasteiger partial charge in [-0.2, -0.15) is 13.2 Å². The van der Waals surface area contributed by atoms with Crippen LogP contribution < -0.4 is 5.32 Å². The number of halogens is 4. The van der Waals surface area contributed by atoms with Crippen LogP contribution in [0.1, 0.15) is 35.2 Å². The lowest BCUT2D eigenvalue weighted by molar-refractivity contribution is -0.137. The van der Waals surface area contributed by atoms with Gasteiger partial charge < -0.3 is 20.1 Å². The highest BCUT2D eigenvalue weighted by molar-refractivity contribution is 6.33. The van der Waals surface area contributed by atoms with Crippen molar-refractivity contribution in [1.82, 2.24) is 10.2 Å². The molecular formula is C18H20ClF3N2O5. The Morgan fingerprint density at radius 2 is 1.93 bits per heavy atom. The molecule has 2 amide bonds. The van der Waals surface area contributed by atoms with E-state index in [1.165, 1.54) is 4.90 Å². The number of rotatable bonds is 1. The molecule has 0 bridgehead atoms. The number of alkyl halides is 3. The van der Waals surface area contributed by atoms with Gasteiger partial charge >= 0.3 is 6.18 Å². The van der Waals surface area contributed by atoms with E-state index in [0.717, 1.165) is 18.2 Å². The van der Waals surface area contributed by atoms with Crippen LogP contribution in [0.15, 0.2) is 18.2 Å². The normalized spacial score (nSPS) is 18.9. The van der Waals surface area contributed by atoms with E-state index in [0.29, 0.717) is 45.5 Å². The number of hydrogen-bond donors (Lipinski definition) is 2. The average molecular weight is 437 g/mol. The summed E-state index contributed by atoms with van der Waals surface area (Å²) in [5.74, 6) is -0.607. The molecule has 0 atom stereocenters. The zero-order chi connectivity index (χ0) is 21.7. The molecule has 2 aliphatic rings. The van der Waals surface area contributed by atoms with Gasteiger partial charge in [-0.15, -0.1) is 0 Å². The highest BCUT2D eigenvalue weighted by atomic mass is 35.5. The van der Waals surface area contributed by atoms with E-state index in [9.17, 15) is 22.8 Å². The summed E-state index contributed by atoms with van der Waals surface area (Å²) in [7, 11) is 0. The van der Waals surface area contributed by atoms with Crippen LogP contribution in [0.25, 0.3) is 0 Å². The highest BCUT2D eigenvalue weighted by Crippen LogP contribution is 2.33. The van der Waals surface area contributed by atoms with Crippen LogP contribution in [0, 0.1) is 0 Å². The number of piperidine rings is 1. The third kappa shape index (κ3) is 5.83.